The van der Waals surface area contributed by atoms with Crippen molar-refractivity contribution in [3.8, 4) is 29.6 Å². The maximum atomic E-state index is 14.0. The van der Waals surface area contributed by atoms with Crippen LogP contribution in [0.25, 0.3) is 6.08 Å². The van der Waals surface area contributed by atoms with E-state index in [-0.39, 0.29) is 18.1 Å². The highest BCUT2D eigenvalue weighted by atomic mass is 32.1. The van der Waals surface area contributed by atoms with Gasteiger partial charge in [0.15, 0.2) is 16.3 Å². The van der Waals surface area contributed by atoms with Crippen LogP contribution in [0.2, 0.25) is 0 Å². The number of methoxy groups -OCH3 is 1. The van der Waals surface area contributed by atoms with Crippen molar-refractivity contribution < 1.29 is 19.0 Å². The van der Waals surface area contributed by atoms with E-state index in [0.29, 0.717) is 50.1 Å². The lowest BCUT2D eigenvalue weighted by Gasteiger charge is -2.25. The molecule has 2 heterocycles. The molecule has 1 aromatic heterocycles. The number of nitrogens with one attached hydrogen (secondary N) is 1. The molecule has 212 valence electrons. The van der Waals surface area contributed by atoms with Gasteiger partial charge in [0.05, 0.1) is 35.6 Å². The minimum absolute atomic E-state index is 0.114. The van der Waals surface area contributed by atoms with E-state index in [2.05, 4.69) is 11.2 Å². The van der Waals surface area contributed by atoms with Crippen molar-refractivity contribution in [3.05, 3.63) is 115 Å². The third-order valence-electron chi connectivity index (χ3n) is 6.61. The van der Waals surface area contributed by atoms with Gasteiger partial charge >= 0.3 is 0 Å². The molecule has 0 fully saturated rings. The number of hydrogen-bond donors (Lipinski definition) is 1. The number of anilines is 1. The Kier molecular flexibility index (Phi) is 8.55. The number of terminal acetylenes is 1. The number of fused-ring (bicyclic) bond motifs is 1. The van der Waals surface area contributed by atoms with Crippen molar-refractivity contribution in [1.29, 1.82) is 0 Å². The first-order chi connectivity index (χ1) is 20.4. The second kappa shape index (κ2) is 12.6. The van der Waals surface area contributed by atoms with Gasteiger partial charge < -0.3 is 19.5 Å². The van der Waals surface area contributed by atoms with E-state index >= 15 is 0 Å². The van der Waals surface area contributed by atoms with Crippen LogP contribution in [-0.4, -0.2) is 30.8 Å². The average Bonchev–Trinajstić information content (AvgIpc) is 3.30. The maximum absolute atomic E-state index is 14.0. The highest BCUT2D eigenvalue weighted by molar-refractivity contribution is 7.07. The lowest BCUT2D eigenvalue weighted by molar-refractivity contribution is -0.113. The Bertz CT molecular complexity index is 1870. The van der Waals surface area contributed by atoms with Gasteiger partial charge in [-0.15, -0.1) is 6.42 Å². The van der Waals surface area contributed by atoms with Gasteiger partial charge in [0.25, 0.3) is 11.5 Å². The molecule has 1 atom stereocenters. The molecule has 3 aromatic carbocycles. The Morgan fingerprint density at radius 3 is 2.55 bits per heavy atom. The Labute approximate surface area is 247 Å². The van der Waals surface area contributed by atoms with Crippen LogP contribution in [0.3, 0.4) is 0 Å². The van der Waals surface area contributed by atoms with E-state index in [0.717, 1.165) is 11.1 Å². The molecule has 42 heavy (non-hydrogen) atoms. The van der Waals surface area contributed by atoms with Crippen LogP contribution in [0.4, 0.5) is 5.69 Å². The molecule has 0 radical (unpaired) electrons. The van der Waals surface area contributed by atoms with Crippen LogP contribution < -0.4 is 34.4 Å². The van der Waals surface area contributed by atoms with E-state index in [4.69, 9.17) is 25.6 Å². The predicted molar refractivity (Wildman–Crippen MR) is 164 cm³/mol. The van der Waals surface area contributed by atoms with Crippen LogP contribution in [0, 0.1) is 12.3 Å². The number of nitrogens with zero attached hydrogens (tertiary/aromatic N) is 2. The number of thiazole rings is 1. The van der Waals surface area contributed by atoms with Crippen LogP contribution in [0.5, 0.6) is 17.2 Å². The summed E-state index contributed by atoms with van der Waals surface area (Å²) in [6.07, 6.45) is 7.12. The van der Waals surface area contributed by atoms with Crippen LogP contribution >= 0.6 is 11.3 Å². The number of amides is 1. The number of allylic oxidation sites excluding steroid dienone is 1. The van der Waals surface area contributed by atoms with Crippen molar-refractivity contribution in [2.75, 3.05) is 25.6 Å². The molecule has 1 amide bonds. The van der Waals surface area contributed by atoms with Gasteiger partial charge in [0.2, 0.25) is 0 Å². The topological polar surface area (TPSA) is 91.2 Å². The number of rotatable bonds is 9. The fraction of sp³-hybridized carbons (Fsp3) is 0.182. The van der Waals surface area contributed by atoms with Crippen LogP contribution in [0.1, 0.15) is 31.0 Å². The second-order valence-electron chi connectivity index (χ2n) is 9.31. The minimum Gasteiger partial charge on any atom is -0.497 e. The van der Waals surface area contributed by atoms with E-state index in [1.807, 2.05) is 67.6 Å². The normalized spacial score (nSPS) is 14.4. The van der Waals surface area contributed by atoms with E-state index in [9.17, 15) is 9.59 Å². The molecule has 9 heteroatoms. The first-order valence-electron chi connectivity index (χ1n) is 13.3. The first kappa shape index (κ1) is 28.5. The summed E-state index contributed by atoms with van der Waals surface area (Å²) in [5.41, 5.74) is 2.80. The molecule has 0 saturated heterocycles. The van der Waals surface area contributed by atoms with Crippen LogP contribution in [-0.2, 0) is 4.79 Å². The summed E-state index contributed by atoms with van der Waals surface area (Å²) in [5.74, 6) is 3.84. The van der Waals surface area contributed by atoms with Gasteiger partial charge in [-0.2, -0.15) is 0 Å². The second-order valence-corrected chi connectivity index (χ2v) is 10.3. The predicted octanol–water partition coefficient (Wildman–Crippen LogP) is 4.29. The zero-order chi connectivity index (χ0) is 29.6. The van der Waals surface area contributed by atoms with Gasteiger partial charge in [-0.25, -0.2) is 4.99 Å². The standard InChI is InChI=1S/C33H29N3O5S/c1-5-18-41-26-17-12-22(19-27(26)40-6-2)20-28-32(38)36-30(23-13-15-25(39-4)16-14-23)29(21(3)34-33(36)42-28)31(37)35-24-10-8-7-9-11-24/h1,7-17,19-20,30H,6,18H2,2-4H3,(H,35,37)/b28-20+/t30-/m1/s1. The van der Waals surface area contributed by atoms with E-state index in [1.165, 1.54) is 11.3 Å². The SMILES string of the molecule is C#CCOc1ccc(/C=c2/sc3n(c2=O)[C@H](c2ccc(OC)cc2)C(C(=O)Nc2ccccc2)=C(C)N=3)cc1OCC. The third-order valence-corrected chi connectivity index (χ3v) is 7.59. The maximum Gasteiger partial charge on any atom is 0.271 e. The molecule has 0 aliphatic carbocycles. The molecule has 0 unspecified atom stereocenters. The zero-order valence-corrected chi connectivity index (χ0v) is 24.2. The van der Waals surface area contributed by atoms with Crippen LogP contribution in [0.15, 0.2) is 93.9 Å². The van der Waals surface area contributed by atoms with Gasteiger partial charge in [0.1, 0.15) is 12.4 Å². The molecular weight excluding hydrogens is 550 g/mol. The number of hydrogen-bond acceptors (Lipinski definition) is 7. The van der Waals surface area contributed by atoms with Crippen molar-refractivity contribution in [3.63, 3.8) is 0 Å². The van der Waals surface area contributed by atoms with Gasteiger partial charge in [0, 0.05) is 5.69 Å². The summed E-state index contributed by atoms with van der Waals surface area (Å²) < 4.78 is 18.7. The van der Waals surface area contributed by atoms with Crippen molar-refractivity contribution in [1.82, 2.24) is 4.57 Å². The highest BCUT2D eigenvalue weighted by Gasteiger charge is 2.32. The number of para-hydroxylation sites is 1. The number of carbonyl (C=O) groups excluding carboxylic acids is 1. The lowest BCUT2D eigenvalue weighted by Crippen LogP contribution is -2.40. The molecule has 1 aliphatic rings. The molecule has 8 nitrogen and oxygen atoms in total. The molecule has 0 spiro atoms. The van der Waals surface area contributed by atoms with E-state index < -0.39 is 6.04 Å². The van der Waals surface area contributed by atoms with Gasteiger partial charge in [-0.05, 0) is 67.4 Å². The largest absolute Gasteiger partial charge is 0.497 e. The molecule has 4 aromatic rings. The molecule has 5 rings (SSSR count). The number of ether oxygens (including phenoxy) is 3. The Hall–Kier alpha value is -5.07. The zero-order valence-electron chi connectivity index (χ0n) is 23.4. The summed E-state index contributed by atoms with van der Waals surface area (Å²) in [4.78, 5) is 32.9. The first-order valence-corrected chi connectivity index (χ1v) is 14.1. The quantitative estimate of drug-likeness (QED) is 0.299. The fourth-order valence-electron chi connectivity index (χ4n) is 4.71. The van der Waals surface area contributed by atoms with E-state index in [1.54, 1.807) is 36.8 Å². The van der Waals surface area contributed by atoms with Gasteiger partial charge in [-0.3, -0.25) is 14.2 Å². The average molecular weight is 580 g/mol. The summed E-state index contributed by atoms with van der Waals surface area (Å²) in [6, 6.07) is 21.2. The van der Waals surface area contributed by atoms with Gasteiger partial charge in [-0.1, -0.05) is 53.7 Å². The molecule has 1 N–H and O–H groups in total. The summed E-state index contributed by atoms with van der Waals surface area (Å²) in [5, 5.41) is 2.96. The third kappa shape index (κ3) is 5.85. The lowest BCUT2D eigenvalue weighted by atomic mass is 9.95. The summed E-state index contributed by atoms with van der Waals surface area (Å²) in [7, 11) is 1.59. The summed E-state index contributed by atoms with van der Waals surface area (Å²) >= 11 is 1.26. The molecule has 0 saturated carbocycles. The van der Waals surface area contributed by atoms with Crippen molar-refractivity contribution in [2.45, 2.75) is 19.9 Å². The smallest absolute Gasteiger partial charge is 0.271 e. The molecule has 1 aliphatic heterocycles. The number of aromatic nitrogens is 1. The Morgan fingerprint density at radius 2 is 1.86 bits per heavy atom. The number of benzene rings is 3. The summed E-state index contributed by atoms with van der Waals surface area (Å²) in [6.45, 7) is 4.22. The number of carbonyl (C=O) groups is 1. The minimum atomic E-state index is -0.698. The molecule has 0 bridgehead atoms. The fourth-order valence-corrected chi connectivity index (χ4v) is 5.75. The van der Waals surface area contributed by atoms with Crippen molar-refractivity contribution >= 4 is 29.0 Å². The monoisotopic (exact) mass is 579 g/mol. The Balaban J connectivity index is 1.62. The van der Waals surface area contributed by atoms with Crippen molar-refractivity contribution in [2.24, 2.45) is 4.99 Å². The highest BCUT2D eigenvalue weighted by Crippen LogP contribution is 2.32. The molecular formula is C33H29N3O5S. The Morgan fingerprint density at radius 1 is 1.10 bits per heavy atom.